The molecule has 0 radical (unpaired) electrons. The van der Waals surface area contributed by atoms with Crippen LogP contribution in [0.15, 0.2) is 54.6 Å². The Bertz CT molecular complexity index is 658. The van der Waals surface area contributed by atoms with Crippen LogP contribution >= 0.6 is 0 Å². The van der Waals surface area contributed by atoms with Gasteiger partial charge in [0.05, 0.1) is 13.0 Å². The number of hydrogen-bond donors (Lipinski definition) is 2. The van der Waals surface area contributed by atoms with E-state index in [1.807, 2.05) is 12.1 Å². The minimum atomic E-state index is -0.766. The summed E-state index contributed by atoms with van der Waals surface area (Å²) in [7, 11) is 0. The lowest BCUT2D eigenvalue weighted by Crippen LogP contribution is -2.20. The zero-order valence-electron chi connectivity index (χ0n) is 16.0. The van der Waals surface area contributed by atoms with Crippen LogP contribution < -0.4 is 10.1 Å². The van der Waals surface area contributed by atoms with Crippen LogP contribution in [0, 0.1) is 0 Å². The molecule has 0 spiro atoms. The molecule has 4 heteroatoms. The van der Waals surface area contributed by atoms with Crippen molar-refractivity contribution in [3.05, 3.63) is 65.7 Å². The van der Waals surface area contributed by atoms with Gasteiger partial charge in [-0.05, 0) is 55.5 Å². The van der Waals surface area contributed by atoms with Crippen molar-refractivity contribution in [2.75, 3.05) is 19.7 Å². The average molecular weight is 370 g/mol. The smallest absolute Gasteiger partial charge is 0.304 e. The van der Waals surface area contributed by atoms with Crippen LogP contribution in [0.2, 0.25) is 0 Å². The van der Waals surface area contributed by atoms with E-state index in [0.29, 0.717) is 6.54 Å². The summed E-state index contributed by atoms with van der Waals surface area (Å²) in [6, 6.07) is 18.8. The van der Waals surface area contributed by atoms with Crippen LogP contribution in [-0.2, 0) is 17.6 Å². The fourth-order valence-corrected chi connectivity index (χ4v) is 2.96. The number of carbonyl (C=O) groups is 1. The maximum absolute atomic E-state index is 10.5. The third kappa shape index (κ3) is 9.80. The Hall–Kier alpha value is -2.33. The lowest BCUT2D eigenvalue weighted by Gasteiger charge is -2.09. The van der Waals surface area contributed by atoms with Gasteiger partial charge in [0.2, 0.25) is 0 Å². The second-order valence-corrected chi connectivity index (χ2v) is 6.79. The molecule has 0 aliphatic carbocycles. The normalized spacial score (nSPS) is 10.7. The van der Waals surface area contributed by atoms with Gasteiger partial charge >= 0.3 is 5.97 Å². The molecule has 0 aliphatic heterocycles. The van der Waals surface area contributed by atoms with E-state index in [-0.39, 0.29) is 6.42 Å². The number of hydrogen-bond acceptors (Lipinski definition) is 3. The largest absolute Gasteiger partial charge is 0.494 e. The van der Waals surface area contributed by atoms with E-state index in [2.05, 4.69) is 47.8 Å². The van der Waals surface area contributed by atoms with E-state index in [1.165, 1.54) is 30.4 Å². The lowest BCUT2D eigenvalue weighted by atomic mass is 10.1. The molecule has 0 atom stereocenters. The first-order valence-corrected chi connectivity index (χ1v) is 9.92. The van der Waals surface area contributed by atoms with Crippen molar-refractivity contribution in [1.29, 1.82) is 0 Å². The minimum absolute atomic E-state index is 0.161. The molecule has 2 aromatic rings. The number of aliphatic carboxylic acids is 1. The number of ether oxygens (including phenoxy) is 1. The molecule has 4 nitrogen and oxygen atoms in total. The Balaban J connectivity index is 1.53. The van der Waals surface area contributed by atoms with E-state index in [0.717, 1.165) is 38.2 Å². The van der Waals surface area contributed by atoms with E-state index in [4.69, 9.17) is 9.84 Å². The van der Waals surface area contributed by atoms with Gasteiger partial charge in [-0.15, -0.1) is 0 Å². The number of unbranched alkanes of at least 4 members (excludes halogenated alkanes) is 3. The first-order chi connectivity index (χ1) is 13.2. The molecule has 2 rings (SSSR count). The van der Waals surface area contributed by atoms with Gasteiger partial charge in [-0.25, -0.2) is 0 Å². The van der Waals surface area contributed by atoms with E-state index >= 15 is 0 Å². The quantitative estimate of drug-likeness (QED) is 0.482. The van der Waals surface area contributed by atoms with Crippen LogP contribution in [0.25, 0.3) is 0 Å². The van der Waals surface area contributed by atoms with E-state index < -0.39 is 5.97 Å². The van der Waals surface area contributed by atoms with Crippen molar-refractivity contribution in [3.8, 4) is 5.75 Å². The molecule has 0 bridgehead atoms. The fraction of sp³-hybridized carbons (Fsp3) is 0.435. The van der Waals surface area contributed by atoms with Crippen LogP contribution in [0.3, 0.4) is 0 Å². The van der Waals surface area contributed by atoms with Crippen LogP contribution in [0.4, 0.5) is 0 Å². The molecule has 0 heterocycles. The highest BCUT2D eigenvalue weighted by atomic mass is 16.5. The topological polar surface area (TPSA) is 58.6 Å². The highest BCUT2D eigenvalue weighted by Crippen LogP contribution is 2.15. The molecular formula is C23H31NO3. The second-order valence-electron chi connectivity index (χ2n) is 6.79. The first kappa shape index (κ1) is 21.0. The molecule has 2 aromatic carbocycles. The maximum atomic E-state index is 10.5. The summed E-state index contributed by atoms with van der Waals surface area (Å²) in [5.41, 5.74) is 2.63. The Kier molecular flexibility index (Phi) is 10.0. The molecule has 0 aliphatic rings. The highest BCUT2D eigenvalue weighted by molar-refractivity contribution is 5.66. The van der Waals surface area contributed by atoms with Gasteiger partial charge in [0.25, 0.3) is 0 Å². The second kappa shape index (κ2) is 12.9. The summed E-state index contributed by atoms with van der Waals surface area (Å²) < 4.78 is 5.87. The van der Waals surface area contributed by atoms with Gasteiger partial charge in [-0.3, -0.25) is 4.79 Å². The van der Waals surface area contributed by atoms with Gasteiger partial charge in [-0.1, -0.05) is 55.3 Å². The van der Waals surface area contributed by atoms with Crippen LogP contribution in [0.5, 0.6) is 5.75 Å². The van der Waals surface area contributed by atoms with Crippen molar-refractivity contribution in [1.82, 2.24) is 5.32 Å². The summed E-state index contributed by atoms with van der Waals surface area (Å²) in [5.74, 6) is 0.153. The predicted molar refractivity (Wildman–Crippen MR) is 109 cm³/mol. The zero-order chi connectivity index (χ0) is 19.2. The standard InChI is InChI=1S/C23H31NO3/c25-23(26)15-17-24-16-14-21-12-8-13-22(19-21)27-18-7-2-1-4-9-20-10-5-3-6-11-20/h3,5-6,8,10-13,19,24H,1-2,4,7,9,14-18H2,(H,25,26). The number of rotatable bonds is 14. The van der Waals surface area contributed by atoms with Gasteiger partial charge < -0.3 is 15.2 Å². The van der Waals surface area contributed by atoms with Crippen molar-refractivity contribution >= 4 is 5.97 Å². The third-order valence-electron chi connectivity index (χ3n) is 4.48. The highest BCUT2D eigenvalue weighted by Gasteiger charge is 2.00. The minimum Gasteiger partial charge on any atom is -0.494 e. The summed E-state index contributed by atoms with van der Waals surface area (Å²) in [6.45, 7) is 2.04. The van der Waals surface area contributed by atoms with Crippen molar-refractivity contribution in [3.63, 3.8) is 0 Å². The SMILES string of the molecule is O=C(O)CCNCCc1cccc(OCCCCCCc2ccccc2)c1. The van der Waals surface area contributed by atoms with Gasteiger partial charge in [-0.2, -0.15) is 0 Å². The fourth-order valence-electron chi connectivity index (χ4n) is 2.96. The van der Waals surface area contributed by atoms with Gasteiger partial charge in [0.15, 0.2) is 0 Å². The lowest BCUT2D eigenvalue weighted by molar-refractivity contribution is -0.136. The number of carboxylic acid groups (broad SMARTS) is 1. The maximum Gasteiger partial charge on any atom is 0.304 e. The Labute approximate surface area is 162 Å². The third-order valence-corrected chi connectivity index (χ3v) is 4.48. The zero-order valence-corrected chi connectivity index (χ0v) is 16.0. The Morgan fingerprint density at radius 1 is 0.852 bits per heavy atom. The summed E-state index contributed by atoms with van der Waals surface area (Å²) in [6.07, 6.45) is 6.93. The van der Waals surface area contributed by atoms with Gasteiger partial charge in [0, 0.05) is 6.54 Å². The molecule has 0 saturated heterocycles. The van der Waals surface area contributed by atoms with Crippen molar-refractivity contribution in [2.24, 2.45) is 0 Å². The number of benzene rings is 2. The van der Waals surface area contributed by atoms with Crippen molar-refractivity contribution in [2.45, 2.75) is 44.9 Å². The molecule has 0 fully saturated rings. The first-order valence-electron chi connectivity index (χ1n) is 9.92. The molecule has 0 unspecified atom stereocenters. The van der Waals surface area contributed by atoms with E-state index in [9.17, 15) is 4.79 Å². The Morgan fingerprint density at radius 2 is 1.63 bits per heavy atom. The Morgan fingerprint density at radius 3 is 2.44 bits per heavy atom. The number of nitrogens with one attached hydrogen (secondary N) is 1. The molecular weight excluding hydrogens is 338 g/mol. The molecule has 0 amide bonds. The molecule has 0 aromatic heterocycles. The molecule has 27 heavy (non-hydrogen) atoms. The van der Waals surface area contributed by atoms with Gasteiger partial charge in [0.1, 0.15) is 5.75 Å². The van der Waals surface area contributed by atoms with Crippen LogP contribution in [-0.4, -0.2) is 30.8 Å². The van der Waals surface area contributed by atoms with Crippen molar-refractivity contribution < 1.29 is 14.6 Å². The molecule has 0 saturated carbocycles. The number of carboxylic acids is 1. The molecule has 146 valence electrons. The average Bonchev–Trinajstić information content (AvgIpc) is 2.68. The number of aryl methyl sites for hydroxylation is 1. The van der Waals surface area contributed by atoms with Crippen LogP contribution in [0.1, 0.15) is 43.2 Å². The summed E-state index contributed by atoms with van der Waals surface area (Å²) >= 11 is 0. The van der Waals surface area contributed by atoms with E-state index in [1.54, 1.807) is 0 Å². The monoisotopic (exact) mass is 369 g/mol. The molecule has 2 N–H and O–H groups in total. The summed E-state index contributed by atoms with van der Waals surface area (Å²) in [4.78, 5) is 10.5. The summed E-state index contributed by atoms with van der Waals surface area (Å²) in [5, 5.41) is 11.8. The predicted octanol–water partition coefficient (Wildman–Crippen LogP) is 4.48.